The Morgan fingerprint density at radius 1 is 1.60 bits per heavy atom. The smallest absolute Gasteiger partial charge is 0.204 e. The zero-order valence-corrected chi connectivity index (χ0v) is 8.77. The lowest BCUT2D eigenvalue weighted by molar-refractivity contribution is 0.413. The van der Waals surface area contributed by atoms with Crippen LogP contribution in [0.5, 0.6) is 5.75 Å². The van der Waals surface area contributed by atoms with E-state index in [9.17, 15) is 0 Å². The van der Waals surface area contributed by atoms with E-state index in [-0.39, 0.29) is 0 Å². The second-order valence-electron chi connectivity index (χ2n) is 2.95. The predicted molar refractivity (Wildman–Crippen MR) is 56.5 cm³/mol. The molecule has 0 radical (unpaired) electrons. The van der Waals surface area contributed by atoms with Gasteiger partial charge in [0.2, 0.25) is 5.75 Å². The maximum atomic E-state index is 8.48. The van der Waals surface area contributed by atoms with Crippen molar-refractivity contribution in [3.8, 4) is 11.8 Å². The molecule has 0 aliphatic heterocycles. The Kier molecular flexibility index (Phi) is 3.68. The quantitative estimate of drug-likeness (QED) is 0.769. The van der Waals surface area contributed by atoms with Crippen molar-refractivity contribution in [2.75, 3.05) is 31.3 Å². The molecular weight excluding hydrogens is 194 g/mol. The first-order chi connectivity index (χ1) is 7.20. The predicted octanol–water partition coefficient (Wildman–Crippen LogP) is 0.417. The number of nitrogens with two attached hydrogens (primary N) is 1. The number of rotatable bonds is 4. The van der Waals surface area contributed by atoms with Gasteiger partial charge in [-0.25, -0.2) is 9.97 Å². The normalized spacial score (nSPS) is 9.40. The van der Waals surface area contributed by atoms with E-state index in [2.05, 4.69) is 16.0 Å². The molecule has 0 saturated heterocycles. The molecule has 1 aromatic heterocycles. The zero-order chi connectivity index (χ0) is 11.3. The summed E-state index contributed by atoms with van der Waals surface area (Å²) in [4.78, 5) is 9.69. The van der Waals surface area contributed by atoms with Gasteiger partial charge in [0.15, 0.2) is 11.6 Å². The minimum atomic E-state index is 0.298. The van der Waals surface area contributed by atoms with Crippen LogP contribution >= 0.6 is 0 Å². The Morgan fingerprint density at radius 2 is 2.33 bits per heavy atom. The lowest BCUT2D eigenvalue weighted by atomic mass is 10.4. The maximum Gasteiger partial charge on any atom is 0.204 e. The van der Waals surface area contributed by atoms with E-state index in [0.29, 0.717) is 30.4 Å². The highest BCUT2D eigenvalue weighted by molar-refractivity contribution is 5.62. The summed E-state index contributed by atoms with van der Waals surface area (Å²) in [6.45, 7) is 0.573. The third-order valence-electron chi connectivity index (χ3n) is 1.94. The van der Waals surface area contributed by atoms with E-state index in [1.165, 1.54) is 13.4 Å². The molecule has 80 valence electrons. The molecule has 6 nitrogen and oxygen atoms in total. The van der Waals surface area contributed by atoms with Gasteiger partial charge in [0.1, 0.15) is 6.33 Å². The number of hydrogen-bond donors (Lipinski definition) is 1. The number of aromatic nitrogens is 2. The van der Waals surface area contributed by atoms with Gasteiger partial charge in [-0.15, -0.1) is 0 Å². The lowest BCUT2D eigenvalue weighted by Crippen LogP contribution is -2.20. The Bertz CT molecular complexity index is 373. The Balaban J connectivity index is 2.93. The van der Waals surface area contributed by atoms with E-state index in [1.54, 1.807) is 4.90 Å². The molecule has 0 atom stereocenters. The summed E-state index contributed by atoms with van der Waals surface area (Å²) in [5, 5.41) is 8.48. The van der Waals surface area contributed by atoms with E-state index >= 15 is 0 Å². The molecule has 0 fully saturated rings. The van der Waals surface area contributed by atoms with Gasteiger partial charge in [0.05, 0.1) is 19.6 Å². The molecule has 0 aromatic carbocycles. The SMILES string of the molecule is COc1c(N)ncnc1N(C)CCC#N. The number of nitriles is 1. The zero-order valence-electron chi connectivity index (χ0n) is 8.77. The first kappa shape index (κ1) is 11.0. The number of hydrogen-bond acceptors (Lipinski definition) is 6. The average Bonchev–Trinajstić information content (AvgIpc) is 2.25. The molecule has 0 spiro atoms. The van der Waals surface area contributed by atoms with Crippen molar-refractivity contribution in [2.45, 2.75) is 6.42 Å². The number of nitrogens with zero attached hydrogens (tertiary/aromatic N) is 4. The molecule has 0 bridgehead atoms. The van der Waals surface area contributed by atoms with Crippen LogP contribution in [0.1, 0.15) is 6.42 Å². The Morgan fingerprint density at radius 3 is 2.93 bits per heavy atom. The highest BCUT2D eigenvalue weighted by Gasteiger charge is 2.12. The highest BCUT2D eigenvalue weighted by atomic mass is 16.5. The van der Waals surface area contributed by atoms with Gasteiger partial charge in [-0.05, 0) is 0 Å². The summed E-state index contributed by atoms with van der Waals surface area (Å²) in [6, 6.07) is 2.06. The molecule has 1 rings (SSSR count). The molecular formula is C9H13N5O. The van der Waals surface area contributed by atoms with Gasteiger partial charge in [0.25, 0.3) is 0 Å². The van der Waals surface area contributed by atoms with E-state index < -0.39 is 0 Å². The fourth-order valence-corrected chi connectivity index (χ4v) is 1.17. The largest absolute Gasteiger partial charge is 0.490 e. The molecule has 0 aliphatic rings. The second-order valence-corrected chi connectivity index (χ2v) is 2.95. The minimum Gasteiger partial charge on any atom is -0.490 e. The van der Waals surface area contributed by atoms with E-state index in [1.807, 2.05) is 7.05 Å². The molecule has 1 heterocycles. The van der Waals surface area contributed by atoms with Gasteiger partial charge in [-0.3, -0.25) is 0 Å². The molecule has 0 saturated carbocycles. The summed E-state index contributed by atoms with van der Waals surface area (Å²) in [7, 11) is 3.33. The monoisotopic (exact) mass is 207 g/mol. The summed E-state index contributed by atoms with van der Waals surface area (Å²) < 4.78 is 5.10. The summed E-state index contributed by atoms with van der Waals surface area (Å²) in [5.74, 6) is 1.34. The topological polar surface area (TPSA) is 88.1 Å². The average molecular weight is 207 g/mol. The van der Waals surface area contributed by atoms with Crippen molar-refractivity contribution < 1.29 is 4.74 Å². The first-order valence-corrected chi connectivity index (χ1v) is 4.43. The van der Waals surface area contributed by atoms with Crippen molar-refractivity contribution in [2.24, 2.45) is 0 Å². The molecule has 0 amide bonds. The lowest BCUT2D eigenvalue weighted by Gasteiger charge is -2.19. The van der Waals surface area contributed by atoms with Gasteiger partial charge < -0.3 is 15.4 Å². The number of anilines is 2. The van der Waals surface area contributed by atoms with Crippen LogP contribution in [0.15, 0.2) is 6.33 Å². The van der Waals surface area contributed by atoms with Gasteiger partial charge in [0, 0.05) is 13.6 Å². The number of methoxy groups -OCH3 is 1. The summed E-state index contributed by atoms with van der Waals surface area (Å²) >= 11 is 0. The minimum absolute atomic E-state index is 0.298. The third-order valence-corrected chi connectivity index (χ3v) is 1.94. The fraction of sp³-hybridized carbons (Fsp3) is 0.444. The van der Waals surface area contributed by atoms with Crippen LogP contribution < -0.4 is 15.4 Å². The number of ether oxygens (including phenoxy) is 1. The molecule has 1 aromatic rings. The fourth-order valence-electron chi connectivity index (χ4n) is 1.17. The van der Waals surface area contributed by atoms with Crippen molar-refractivity contribution >= 4 is 11.6 Å². The molecule has 0 aliphatic carbocycles. The van der Waals surface area contributed by atoms with Crippen LogP contribution in [-0.4, -0.2) is 30.7 Å². The summed E-state index contributed by atoms with van der Waals surface area (Å²) in [5.41, 5.74) is 5.63. The maximum absolute atomic E-state index is 8.48. The molecule has 0 unspecified atom stereocenters. The molecule has 6 heteroatoms. The van der Waals surface area contributed by atoms with E-state index in [4.69, 9.17) is 15.7 Å². The van der Waals surface area contributed by atoms with Crippen LogP contribution in [0.4, 0.5) is 11.6 Å². The Labute approximate surface area is 88.3 Å². The number of nitrogen functional groups attached to an aromatic ring is 1. The van der Waals surface area contributed by atoms with Crippen LogP contribution in [0.3, 0.4) is 0 Å². The van der Waals surface area contributed by atoms with Gasteiger partial charge in [-0.1, -0.05) is 0 Å². The van der Waals surface area contributed by atoms with Gasteiger partial charge in [-0.2, -0.15) is 5.26 Å². The van der Waals surface area contributed by atoms with Crippen LogP contribution in [0, 0.1) is 11.3 Å². The van der Waals surface area contributed by atoms with Crippen molar-refractivity contribution in [1.82, 2.24) is 9.97 Å². The highest BCUT2D eigenvalue weighted by Crippen LogP contribution is 2.28. The first-order valence-electron chi connectivity index (χ1n) is 4.43. The molecule has 15 heavy (non-hydrogen) atoms. The Hall–Kier alpha value is -2.03. The third kappa shape index (κ3) is 2.47. The summed E-state index contributed by atoms with van der Waals surface area (Å²) in [6.07, 6.45) is 1.79. The van der Waals surface area contributed by atoms with Crippen LogP contribution in [0.25, 0.3) is 0 Å². The van der Waals surface area contributed by atoms with Gasteiger partial charge >= 0.3 is 0 Å². The standard InChI is InChI=1S/C9H13N5O/c1-14(5-3-4-10)9-7(15-2)8(11)12-6-13-9/h6H,3,5H2,1-2H3,(H2,11,12,13). The van der Waals surface area contributed by atoms with Crippen LogP contribution in [0.2, 0.25) is 0 Å². The van der Waals surface area contributed by atoms with Crippen molar-refractivity contribution in [3.63, 3.8) is 0 Å². The van der Waals surface area contributed by atoms with Crippen molar-refractivity contribution in [1.29, 1.82) is 5.26 Å². The van der Waals surface area contributed by atoms with Crippen molar-refractivity contribution in [3.05, 3.63) is 6.33 Å². The second kappa shape index (κ2) is 5.00. The van der Waals surface area contributed by atoms with E-state index in [0.717, 1.165) is 0 Å². The van der Waals surface area contributed by atoms with Crippen LogP contribution in [-0.2, 0) is 0 Å². The molecule has 2 N–H and O–H groups in total.